The summed E-state index contributed by atoms with van der Waals surface area (Å²) in [6, 6.07) is 6.06. The van der Waals surface area contributed by atoms with Crippen molar-refractivity contribution in [1.29, 1.82) is 0 Å². The van der Waals surface area contributed by atoms with E-state index in [0.717, 1.165) is 5.69 Å². The number of nitrogens with one attached hydrogen (secondary N) is 1. The van der Waals surface area contributed by atoms with E-state index in [1.54, 1.807) is 12.1 Å². The van der Waals surface area contributed by atoms with Gasteiger partial charge in [0, 0.05) is 37.0 Å². The van der Waals surface area contributed by atoms with Crippen molar-refractivity contribution >= 4 is 0 Å². The van der Waals surface area contributed by atoms with Crippen LogP contribution in [0.2, 0.25) is 0 Å². The Labute approximate surface area is 155 Å². The van der Waals surface area contributed by atoms with Crippen molar-refractivity contribution in [3.63, 3.8) is 0 Å². The highest BCUT2D eigenvalue weighted by atomic mass is 19.4. The Morgan fingerprint density at radius 2 is 1.93 bits per heavy atom. The summed E-state index contributed by atoms with van der Waals surface area (Å²) in [5, 5.41) is 0. The van der Waals surface area contributed by atoms with Crippen LogP contribution in [0, 0.1) is 0 Å². The fraction of sp³-hybridized carbons (Fsp3) is 0.474. The molecule has 0 unspecified atom stereocenters. The Kier molecular flexibility index (Phi) is 5.03. The maximum atomic E-state index is 12.6. The van der Waals surface area contributed by atoms with Crippen LogP contribution in [-0.2, 0) is 24.9 Å². The lowest BCUT2D eigenvalue weighted by Gasteiger charge is -2.29. The number of fused-ring (bicyclic) bond motifs is 1. The first-order valence-electron chi connectivity index (χ1n) is 8.71. The molecule has 27 heavy (non-hydrogen) atoms. The minimum atomic E-state index is -4.74. The van der Waals surface area contributed by atoms with E-state index in [0.29, 0.717) is 36.5 Å². The van der Waals surface area contributed by atoms with Crippen molar-refractivity contribution < 1.29 is 17.9 Å². The monoisotopic (exact) mass is 381 g/mol. The van der Waals surface area contributed by atoms with E-state index in [4.69, 9.17) is 0 Å². The van der Waals surface area contributed by atoms with Gasteiger partial charge < -0.3 is 9.72 Å². The number of para-hydroxylation sites is 1. The molecule has 0 radical (unpaired) electrons. The number of H-pyrrole nitrogens is 1. The van der Waals surface area contributed by atoms with Crippen molar-refractivity contribution in [1.82, 2.24) is 14.9 Å². The molecular formula is C19H22F3N3O2. The van der Waals surface area contributed by atoms with Crippen LogP contribution in [0.1, 0.15) is 43.4 Å². The number of hydrogen-bond acceptors (Lipinski definition) is 4. The fourth-order valence-corrected chi connectivity index (χ4v) is 3.07. The Hall–Kier alpha value is -2.35. The molecule has 1 aliphatic rings. The standard InChI is InChI=1S/C19H22F3N3O2/c1-18(2,3)17-23-14-8-9-25(11-13(14)16(26)24-17)10-12-6-4-5-7-15(12)27-19(20,21)22/h4-7H,8-11H2,1-3H3,(H,23,24,26). The van der Waals surface area contributed by atoms with Gasteiger partial charge in [0.2, 0.25) is 0 Å². The summed E-state index contributed by atoms with van der Waals surface area (Å²) in [5.41, 5.74) is 1.31. The first kappa shape index (κ1) is 19.4. The van der Waals surface area contributed by atoms with Gasteiger partial charge in [-0.25, -0.2) is 4.98 Å². The zero-order chi connectivity index (χ0) is 19.8. The average molecular weight is 381 g/mol. The molecule has 1 aliphatic heterocycles. The summed E-state index contributed by atoms with van der Waals surface area (Å²) in [4.78, 5) is 21.8. The molecule has 1 aromatic heterocycles. The molecule has 0 saturated carbocycles. The molecule has 5 nitrogen and oxygen atoms in total. The third-order valence-electron chi connectivity index (χ3n) is 4.45. The maximum Gasteiger partial charge on any atom is 0.573 e. The zero-order valence-electron chi connectivity index (χ0n) is 15.5. The lowest BCUT2D eigenvalue weighted by atomic mass is 9.95. The van der Waals surface area contributed by atoms with Gasteiger partial charge >= 0.3 is 6.36 Å². The van der Waals surface area contributed by atoms with E-state index in [1.165, 1.54) is 12.1 Å². The molecule has 146 valence electrons. The SMILES string of the molecule is CC(C)(C)c1nc2c(c(=O)[nH]1)CN(Cc1ccccc1OC(F)(F)F)CC2. The minimum absolute atomic E-state index is 0.186. The van der Waals surface area contributed by atoms with Gasteiger partial charge in [-0.15, -0.1) is 13.2 Å². The topological polar surface area (TPSA) is 58.2 Å². The largest absolute Gasteiger partial charge is 0.573 e. The third kappa shape index (κ3) is 4.68. The smallest absolute Gasteiger partial charge is 0.405 e. The van der Waals surface area contributed by atoms with E-state index < -0.39 is 6.36 Å². The zero-order valence-corrected chi connectivity index (χ0v) is 15.5. The van der Waals surface area contributed by atoms with Gasteiger partial charge in [-0.1, -0.05) is 39.0 Å². The lowest BCUT2D eigenvalue weighted by molar-refractivity contribution is -0.275. The number of hydrogen-bond donors (Lipinski definition) is 1. The molecule has 0 saturated heterocycles. The maximum absolute atomic E-state index is 12.6. The highest BCUT2D eigenvalue weighted by molar-refractivity contribution is 5.34. The summed E-state index contributed by atoms with van der Waals surface area (Å²) in [6.07, 6.45) is -4.17. The van der Waals surface area contributed by atoms with Gasteiger partial charge in [-0.05, 0) is 6.07 Å². The second kappa shape index (κ2) is 6.99. The van der Waals surface area contributed by atoms with Crippen molar-refractivity contribution in [2.24, 2.45) is 0 Å². The van der Waals surface area contributed by atoms with Crippen molar-refractivity contribution in [2.75, 3.05) is 6.54 Å². The van der Waals surface area contributed by atoms with Crippen LogP contribution < -0.4 is 10.3 Å². The molecule has 0 spiro atoms. The van der Waals surface area contributed by atoms with Crippen molar-refractivity contribution in [3.8, 4) is 5.75 Å². The van der Waals surface area contributed by atoms with Gasteiger partial charge in [0.1, 0.15) is 11.6 Å². The summed E-state index contributed by atoms with van der Waals surface area (Å²) < 4.78 is 41.9. The number of aromatic nitrogens is 2. The molecule has 2 aromatic rings. The van der Waals surface area contributed by atoms with Crippen molar-refractivity contribution in [2.45, 2.75) is 52.1 Å². The van der Waals surface area contributed by atoms with Crippen LogP contribution in [-0.4, -0.2) is 27.8 Å². The second-order valence-electron chi connectivity index (χ2n) is 7.71. The predicted octanol–water partition coefficient (Wildman–Crippen LogP) is 3.52. The molecule has 8 heteroatoms. The number of alkyl halides is 3. The van der Waals surface area contributed by atoms with Crippen LogP contribution in [0.4, 0.5) is 13.2 Å². The van der Waals surface area contributed by atoms with E-state index in [2.05, 4.69) is 14.7 Å². The second-order valence-corrected chi connectivity index (χ2v) is 7.71. The number of aromatic amines is 1. The Balaban J connectivity index is 1.81. The molecule has 0 bridgehead atoms. The van der Waals surface area contributed by atoms with E-state index in [1.807, 2.05) is 25.7 Å². The molecule has 0 fully saturated rings. The number of benzene rings is 1. The van der Waals surface area contributed by atoms with Gasteiger partial charge in [0.15, 0.2) is 0 Å². The first-order chi connectivity index (χ1) is 12.5. The lowest BCUT2D eigenvalue weighted by Crippen LogP contribution is -2.37. The van der Waals surface area contributed by atoms with E-state index >= 15 is 0 Å². The van der Waals surface area contributed by atoms with Crippen LogP contribution in [0.3, 0.4) is 0 Å². The molecule has 0 amide bonds. The van der Waals surface area contributed by atoms with Gasteiger partial charge in [0.05, 0.1) is 11.3 Å². The summed E-state index contributed by atoms with van der Waals surface area (Å²) in [6.45, 7) is 7.13. The van der Waals surface area contributed by atoms with Crippen molar-refractivity contribution in [3.05, 3.63) is 57.3 Å². The number of ether oxygens (including phenoxy) is 1. The normalized spacial score (nSPS) is 15.5. The number of halogens is 3. The molecule has 1 aromatic carbocycles. The average Bonchev–Trinajstić information content (AvgIpc) is 2.55. The first-order valence-corrected chi connectivity index (χ1v) is 8.71. The third-order valence-corrected chi connectivity index (χ3v) is 4.45. The molecule has 2 heterocycles. The van der Waals surface area contributed by atoms with Gasteiger partial charge in [-0.3, -0.25) is 9.69 Å². The highest BCUT2D eigenvalue weighted by Crippen LogP contribution is 2.28. The molecule has 0 atom stereocenters. The summed E-state index contributed by atoms with van der Waals surface area (Å²) in [5.74, 6) is 0.425. The van der Waals surface area contributed by atoms with E-state index in [-0.39, 0.29) is 23.3 Å². The minimum Gasteiger partial charge on any atom is -0.405 e. The van der Waals surface area contributed by atoms with Crippen LogP contribution in [0.15, 0.2) is 29.1 Å². The van der Waals surface area contributed by atoms with Gasteiger partial charge in [0.25, 0.3) is 5.56 Å². The summed E-state index contributed by atoms with van der Waals surface area (Å²) in [7, 11) is 0. The fourth-order valence-electron chi connectivity index (χ4n) is 3.07. The molecule has 3 rings (SSSR count). The number of nitrogens with zero attached hydrogens (tertiary/aromatic N) is 2. The van der Waals surface area contributed by atoms with Crippen LogP contribution in [0.5, 0.6) is 5.75 Å². The Morgan fingerprint density at radius 1 is 1.22 bits per heavy atom. The Bertz CT molecular complexity index is 885. The summed E-state index contributed by atoms with van der Waals surface area (Å²) >= 11 is 0. The van der Waals surface area contributed by atoms with Crippen LogP contribution in [0.25, 0.3) is 0 Å². The highest BCUT2D eigenvalue weighted by Gasteiger charge is 2.32. The molecule has 1 N–H and O–H groups in total. The Morgan fingerprint density at radius 3 is 2.59 bits per heavy atom. The number of rotatable bonds is 3. The van der Waals surface area contributed by atoms with Crippen LogP contribution >= 0.6 is 0 Å². The quantitative estimate of drug-likeness (QED) is 0.884. The van der Waals surface area contributed by atoms with E-state index in [9.17, 15) is 18.0 Å². The van der Waals surface area contributed by atoms with Gasteiger partial charge in [-0.2, -0.15) is 0 Å². The predicted molar refractivity (Wildman–Crippen MR) is 94.5 cm³/mol. The molecule has 0 aliphatic carbocycles. The molecular weight excluding hydrogens is 359 g/mol.